The molecule has 150 valence electrons. The van der Waals surface area contributed by atoms with Crippen molar-refractivity contribution in [3.05, 3.63) is 36.4 Å². The second-order valence-electron chi connectivity index (χ2n) is 6.67. The third kappa shape index (κ3) is 5.16. The second-order valence-corrected chi connectivity index (χ2v) is 6.67. The number of aromatic nitrogens is 4. The topological polar surface area (TPSA) is 165 Å². The first-order chi connectivity index (χ1) is 13.5. The number of carbonyl (C=O) groups is 3. The number of hydrogen-bond acceptors (Lipinski definition) is 6. The van der Waals surface area contributed by atoms with Gasteiger partial charge < -0.3 is 31.0 Å². The van der Waals surface area contributed by atoms with Gasteiger partial charge in [0.25, 0.3) is 0 Å². The number of carboxylic acid groups (broad SMARTS) is 1. The third-order valence-electron chi connectivity index (χ3n) is 4.58. The molecule has 11 heteroatoms. The molecule has 2 aromatic heterocycles. The molecule has 3 atom stereocenters. The molecule has 1 aliphatic rings. The summed E-state index contributed by atoms with van der Waals surface area (Å²) in [6, 6.07) is -2.44. The van der Waals surface area contributed by atoms with Crippen molar-refractivity contribution in [1.82, 2.24) is 35.9 Å². The van der Waals surface area contributed by atoms with Crippen LogP contribution in [0, 0.1) is 0 Å². The lowest BCUT2D eigenvalue weighted by Crippen LogP contribution is -2.55. The van der Waals surface area contributed by atoms with Gasteiger partial charge in [0, 0.05) is 36.6 Å². The maximum Gasteiger partial charge on any atom is 0.326 e. The van der Waals surface area contributed by atoms with Gasteiger partial charge in [-0.05, 0) is 19.4 Å². The zero-order chi connectivity index (χ0) is 19.9. The van der Waals surface area contributed by atoms with E-state index in [2.05, 4.69) is 35.9 Å². The molecular formula is C17H23N7O4. The van der Waals surface area contributed by atoms with Gasteiger partial charge in [-0.25, -0.2) is 14.8 Å². The van der Waals surface area contributed by atoms with Gasteiger partial charge in [-0.3, -0.25) is 9.59 Å². The predicted octanol–water partition coefficient (Wildman–Crippen LogP) is -1.28. The average Bonchev–Trinajstić information content (AvgIpc) is 3.42. The normalized spacial score (nSPS) is 18.4. The lowest BCUT2D eigenvalue weighted by atomic mass is 10.1. The fraction of sp³-hybridized carbons (Fsp3) is 0.471. The van der Waals surface area contributed by atoms with Crippen LogP contribution in [0.4, 0.5) is 0 Å². The summed E-state index contributed by atoms with van der Waals surface area (Å²) in [5.74, 6) is -2.03. The highest BCUT2D eigenvalue weighted by Gasteiger charge is 2.30. The molecule has 2 amide bonds. The van der Waals surface area contributed by atoms with E-state index < -0.39 is 24.0 Å². The monoisotopic (exact) mass is 389 g/mol. The van der Waals surface area contributed by atoms with E-state index in [0.29, 0.717) is 17.8 Å². The Morgan fingerprint density at radius 1 is 1.07 bits per heavy atom. The van der Waals surface area contributed by atoms with E-state index in [-0.39, 0.29) is 24.8 Å². The van der Waals surface area contributed by atoms with Gasteiger partial charge in [-0.1, -0.05) is 0 Å². The van der Waals surface area contributed by atoms with Crippen LogP contribution in [0.3, 0.4) is 0 Å². The lowest BCUT2D eigenvalue weighted by molar-refractivity contribution is -0.142. The number of amides is 2. The fourth-order valence-corrected chi connectivity index (χ4v) is 3.09. The molecule has 0 spiro atoms. The van der Waals surface area contributed by atoms with Crippen LogP contribution in [0.2, 0.25) is 0 Å². The Kier molecular flexibility index (Phi) is 6.37. The van der Waals surface area contributed by atoms with E-state index in [9.17, 15) is 19.5 Å². The third-order valence-corrected chi connectivity index (χ3v) is 4.58. The molecule has 0 radical (unpaired) electrons. The number of nitrogens with one attached hydrogen (secondary N) is 5. The highest BCUT2D eigenvalue weighted by Crippen LogP contribution is 2.07. The Bertz CT molecular complexity index is 785. The van der Waals surface area contributed by atoms with Crippen LogP contribution >= 0.6 is 0 Å². The number of aromatic amines is 2. The largest absolute Gasteiger partial charge is 0.480 e. The molecule has 2 aromatic rings. The van der Waals surface area contributed by atoms with Gasteiger partial charge in [0.1, 0.15) is 12.1 Å². The molecule has 1 saturated heterocycles. The SMILES string of the molecule is O=C(O)C(Cc1cnc[nH]1)NC(=O)C(Cc1cnc[nH]1)NC(=O)C1CCCN1. The van der Waals surface area contributed by atoms with Crippen LogP contribution in [0.5, 0.6) is 0 Å². The summed E-state index contributed by atoms with van der Waals surface area (Å²) in [5.41, 5.74) is 1.23. The highest BCUT2D eigenvalue weighted by molar-refractivity contribution is 5.92. The number of aliphatic carboxylic acids is 1. The minimum Gasteiger partial charge on any atom is -0.480 e. The Balaban J connectivity index is 1.68. The van der Waals surface area contributed by atoms with Gasteiger partial charge in [0.05, 0.1) is 18.7 Å². The van der Waals surface area contributed by atoms with Gasteiger partial charge in [0.15, 0.2) is 0 Å². The van der Waals surface area contributed by atoms with Crippen molar-refractivity contribution in [1.29, 1.82) is 0 Å². The Morgan fingerprint density at radius 3 is 2.21 bits per heavy atom. The highest BCUT2D eigenvalue weighted by atomic mass is 16.4. The van der Waals surface area contributed by atoms with Crippen LogP contribution in [-0.4, -0.2) is 67.5 Å². The molecule has 3 rings (SSSR count). The number of nitrogens with zero attached hydrogens (tertiary/aromatic N) is 2. The summed E-state index contributed by atoms with van der Waals surface area (Å²) in [6.07, 6.45) is 7.77. The minimum atomic E-state index is -1.17. The van der Waals surface area contributed by atoms with Crippen LogP contribution in [0.1, 0.15) is 24.2 Å². The van der Waals surface area contributed by atoms with Crippen molar-refractivity contribution in [3.63, 3.8) is 0 Å². The van der Waals surface area contributed by atoms with Crippen molar-refractivity contribution >= 4 is 17.8 Å². The Morgan fingerprint density at radius 2 is 1.71 bits per heavy atom. The van der Waals surface area contributed by atoms with Gasteiger partial charge in [-0.2, -0.15) is 0 Å². The number of carbonyl (C=O) groups excluding carboxylic acids is 2. The summed E-state index contributed by atoms with van der Waals surface area (Å²) >= 11 is 0. The van der Waals surface area contributed by atoms with Crippen molar-refractivity contribution < 1.29 is 19.5 Å². The van der Waals surface area contributed by atoms with E-state index in [0.717, 1.165) is 13.0 Å². The molecule has 0 aliphatic carbocycles. The maximum atomic E-state index is 12.8. The molecule has 3 heterocycles. The predicted molar refractivity (Wildman–Crippen MR) is 97.1 cm³/mol. The fourth-order valence-electron chi connectivity index (χ4n) is 3.09. The van der Waals surface area contributed by atoms with Crippen LogP contribution in [0.25, 0.3) is 0 Å². The molecule has 28 heavy (non-hydrogen) atoms. The number of rotatable bonds is 9. The molecular weight excluding hydrogens is 366 g/mol. The molecule has 0 aromatic carbocycles. The van der Waals surface area contributed by atoms with Crippen molar-refractivity contribution in [2.45, 2.75) is 43.8 Å². The van der Waals surface area contributed by atoms with Crippen molar-refractivity contribution in [2.24, 2.45) is 0 Å². The lowest BCUT2D eigenvalue weighted by Gasteiger charge is -2.22. The first-order valence-corrected chi connectivity index (χ1v) is 9.04. The second kappa shape index (κ2) is 9.13. The molecule has 11 nitrogen and oxygen atoms in total. The summed E-state index contributed by atoms with van der Waals surface area (Å²) < 4.78 is 0. The van der Waals surface area contributed by atoms with Crippen LogP contribution < -0.4 is 16.0 Å². The molecule has 0 saturated carbocycles. The summed E-state index contributed by atoms with van der Waals surface area (Å²) in [5, 5.41) is 17.8. The average molecular weight is 389 g/mol. The van der Waals surface area contributed by atoms with Crippen molar-refractivity contribution in [2.75, 3.05) is 6.54 Å². The first-order valence-electron chi connectivity index (χ1n) is 9.04. The molecule has 1 fully saturated rings. The molecule has 3 unspecified atom stereocenters. The van der Waals surface area contributed by atoms with Crippen molar-refractivity contribution in [3.8, 4) is 0 Å². The van der Waals surface area contributed by atoms with Gasteiger partial charge in [-0.15, -0.1) is 0 Å². The minimum absolute atomic E-state index is 0.0516. The first kappa shape index (κ1) is 19.5. The maximum absolute atomic E-state index is 12.8. The number of imidazole rings is 2. The number of hydrogen-bond donors (Lipinski definition) is 6. The van der Waals surface area contributed by atoms with E-state index in [4.69, 9.17) is 0 Å². The standard InChI is InChI=1S/C17H23N7O4/c25-15(12-2-1-3-20-12)23-13(4-10-6-18-8-21-10)16(26)24-14(17(27)28)5-11-7-19-9-22-11/h6-9,12-14,20H,1-5H2,(H,18,21)(H,19,22)(H,23,25)(H,24,26)(H,27,28). The van der Waals surface area contributed by atoms with Crippen LogP contribution in [-0.2, 0) is 27.2 Å². The molecule has 6 N–H and O–H groups in total. The van der Waals surface area contributed by atoms with Gasteiger partial charge in [0.2, 0.25) is 11.8 Å². The number of carboxylic acids is 1. The molecule has 0 bridgehead atoms. The van der Waals surface area contributed by atoms with Gasteiger partial charge >= 0.3 is 5.97 Å². The van der Waals surface area contributed by atoms with E-state index >= 15 is 0 Å². The molecule has 1 aliphatic heterocycles. The smallest absolute Gasteiger partial charge is 0.326 e. The number of H-pyrrole nitrogens is 2. The van der Waals surface area contributed by atoms with E-state index in [1.54, 1.807) is 6.20 Å². The van der Waals surface area contributed by atoms with Crippen LogP contribution in [0.15, 0.2) is 25.0 Å². The zero-order valence-electron chi connectivity index (χ0n) is 15.1. The Hall–Kier alpha value is -3.21. The summed E-state index contributed by atoms with van der Waals surface area (Å²) in [6.45, 7) is 0.751. The zero-order valence-corrected chi connectivity index (χ0v) is 15.1. The Labute approximate surface area is 160 Å². The van der Waals surface area contributed by atoms with E-state index in [1.807, 2.05) is 0 Å². The summed E-state index contributed by atoms with van der Waals surface area (Å²) in [7, 11) is 0. The summed E-state index contributed by atoms with van der Waals surface area (Å²) in [4.78, 5) is 50.3. The van der Waals surface area contributed by atoms with E-state index in [1.165, 1.54) is 18.9 Å². The quantitative estimate of drug-likeness (QED) is 0.311.